The zero-order valence-electron chi connectivity index (χ0n) is 22.0. The molecule has 0 spiro atoms. The van der Waals surface area contributed by atoms with Crippen LogP contribution in [0, 0.1) is 17.3 Å². The first-order chi connectivity index (χ1) is 14.1. The lowest BCUT2D eigenvalue weighted by Gasteiger charge is -2.41. The molecule has 1 saturated carbocycles. The van der Waals surface area contributed by atoms with E-state index in [9.17, 15) is 0 Å². The molecule has 178 valence electrons. The van der Waals surface area contributed by atoms with Crippen LogP contribution in [0.3, 0.4) is 0 Å². The maximum atomic E-state index is 6.62. The van der Waals surface area contributed by atoms with Crippen LogP contribution in [0.4, 0.5) is 0 Å². The number of allylic oxidation sites excluding steroid dienone is 1. The maximum Gasteiger partial charge on any atom is 0.0649 e. The summed E-state index contributed by atoms with van der Waals surface area (Å²) in [6.45, 7) is 22.1. The fourth-order valence-electron chi connectivity index (χ4n) is 4.77. The zero-order valence-corrected chi connectivity index (χ0v) is 22.0. The van der Waals surface area contributed by atoms with E-state index in [0.717, 1.165) is 38.4 Å². The molecule has 1 rings (SSSR count). The largest absolute Gasteiger partial charge is 0.377 e. The average Bonchev–Trinajstić information content (AvgIpc) is 3.56. The van der Waals surface area contributed by atoms with E-state index in [1.807, 2.05) is 0 Å². The Kier molecular flexibility index (Phi) is 11.1. The SMILES string of the molecule is CC=C(C1CC1)C(C)(CCOC(C)(CC)CC)C(C)OCC(C)C(C)(CCC)NC. The van der Waals surface area contributed by atoms with Gasteiger partial charge >= 0.3 is 0 Å². The smallest absolute Gasteiger partial charge is 0.0649 e. The van der Waals surface area contributed by atoms with Crippen LogP contribution in [0.1, 0.15) is 107 Å². The Bertz CT molecular complexity index is 523. The van der Waals surface area contributed by atoms with Gasteiger partial charge in [-0.05, 0) is 85.1 Å². The van der Waals surface area contributed by atoms with Crippen molar-refractivity contribution in [1.29, 1.82) is 0 Å². The number of ether oxygens (including phenoxy) is 2. The van der Waals surface area contributed by atoms with Gasteiger partial charge in [-0.2, -0.15) is 0 Å². The maximum absolute atomic E-state index is 6.62. The molecule has 0 aromatic rings. The molecule has 1 N–H and O–H groups in total. The lowest BCUT2D eigenvalue weighted by molar-refractivity contribution is -0.0741. The zero-order chi connectivity index (χ0) is 23.0. The van der Waals surface area contributed by atoms with Crippen molar-refractivity contribution >= 4 is 0 Å². The molecule has 1 aliphatic carbocycles. The molecule has 0 aromatic heterocycles. The van der Waals surface area contributed by atoms with Gasteiger partial charge in [0.2, 0.25) is 0 Å². The summed E-state index contributed by atoms with van der Waals surface area (Å²) >= 11 is 0. The molecule has 0 bridgehead atoms. The Balaban J connectivity index is 2.88. The quantitative estimate of drug-likeness (QED) is 0.267. The minimum absolute atomic E-state index is 0.00997. The summed E-state index contributed by atoms with van der Waals surface area (Å²) in [5, 5.41) is 3.56. The Hall–Kier alpha value is -0.380. The van der Waals surface area contributed by atoms with E-state index >= 15 is 0 Å². The average molecular weight is 424 g/mol. The number of hydrogen-bond donors (Lipinski definition) is 1. The van der Waals surface area contributed by atoms with Crippen molar-refractivity contribution in [3.05, 3.63) is 11.6 Å². The lowest BCUT2D eigenvalue weighted by atomic mass is 9.72. The van der Waals surface area contributed by atoms with Crippen molar-refractivity contribution in [2.75, 3.05) is 20.3 Å². The summed E-state index contributed by atoms with van der Waals surface area (Å²) in [5.41, 5.74) is 1.73. The molecule has 4 unspecified atom stereocenters. The summed E-state index contributed by atoms with van der Waals surface area (Å²) in [7, 11) is 2.08. The highest BCUT2D eigenvalue weighted by atomic mass is 16.5. The van der Waals surface area contributed by atoms with Crippen molar-refractivity contribution in [3.63, 3.8) is 0 Å². The van der Waals surface area contributed by atoms with Crippen molar-refractivity contribution in [3.8, 4) is 0 Å². The third kappa shape index (κ3) is 7.07. The van der Waals surface area contributed by atoms with Gasteiger partial charge in [-0.3, -0.25) is 0 Å². The van der Waals surface area contributed by atoms with Gasteiger partial charge in [0, 0.05) is 17.6 Å². The molecule has 1 aliphatic rings. The molecule has 3 nitrogen and oxygen atoms in total. The van der Waals surface area contributed by atoms with Crippen LogP contribution in [0.15, 0.2) is 11.6 Å². The van der Waals surface area contributed by atoms with Crippen LogP contribution >= 0.6 is 0 Å². The van der Waals surface area contributed by atoms with E-state index in [4.69, 9.17) is 9.47 Å². The standard InChI is InChI=1S/C27H53NO2/c1-11-17-27(9,28-10)21(5)20-29-22(6)26(8,24(12-2)23-15-16-23)18-19-30-25(7,13-3)14-4/h12,21-23,28H,11,13-20H2,1-10H3. The van der Waals surface area contributed by atoms with E-state index in [1.54, 1.807) is 5.57 Å². The molecule has 3 heteroatoms. The van der Waals surface area contributed by atoms with E-state index in [1.165, 1.54) is 25.7 Å². The van der Waals surface area contributed by atoms with E-state index in [2.05, 4.69) is 80.8 Å². The molecule has 0 aliphatic heterocycles. The van der Waals surface area contributed by atoms with Crippen molar-refractivity contribution in [2.45, 2.75) is 125 Å². The van der Waals surface area contributed by atoms with Gasteiger partial charge in [0.1, 0.15) is 0 Å². The van der Waals surface area contributed by atoms with Crippen molar-refractivity contribution < 1.29 is 9.47 Å². The van der Waals surface area contributed by atoms with Crippen LogP contribution in [-0.4, -0.2) is 37.5 Å². The fraction of sp³-hybridized carbons (Fsp3) is 0.926. The number of hydrogen-bond acceptors (Lipinski definition) is 3. The molecule has 0 amide bonds. The van der Waals surface area contributed by atoms with Crippen LogP contribution in [0.2, 0.25) is 0 Å². The third-order valence-electron chi connectivity index (χ3n) is 8.48. The topological polar surface area (TPSA) is 30.5 Å². The molecule has 4 atom stereocenters. The van der Waals surface area contributed by atoms with Gasteiger partial charge < -0.3 is 14.8 Å². The molecular formula is C27H53NO2. The summed E-state index contributed by atoms with van der Waals surface area (Å²) < 4.78 is 13.0. The van der Waals surface area contributed by atoms with Crippen LogP contribution in [-0.2, 0) is 9.47 Å². The Morgan fingerprint density at radius 1 is 1.07 bits per heavy atom. The van der Waals surface area contributed by atoms with Gasteiger partial charge in [-0.15, -0.1) is 0 Å². The van der Waals surface area contributed by atoms with Gasteiger partial charge in [-0.25, -0.2) is 0 Å². The molecule has 0 saturated heterocycles. The highest BCUT2D eigenvalue weighted by Gasteiger charge is 2.43. The normalized spacial score (nSPS) is 21.7. The van der Waals surface area contributed by atoms with Crippen LogP contribution in [0.5, 0.6) is 0 Å². The highest BCUT2D eigenvalue weighted by molar-refractivity contribution is 5.22. The summed E-state index contributed by atoms with van der Waals surface area (Å²) in [6.07, 6.45) is 10.7. The van der Waals surface area contributed by atoms with Gasteiger partial charge in [0.15, 0.2) is 0 Å². The fourth-order valence-corrected chi connectivity index (χ4v) is 4.77. The first-order valence-electron chi connectivity index (χ1n) is 12.7. The van der Waals surface area contributed by atoms with Crippen molar-refractivity contribution in [1.82, 2.24) is 5.32 Å². The summed E-state index contributed by atoms with van der Waals surface area (Å²) in [4.78, 5) is 0. The second kappa shape index (κ2) is 12.0. The summed E-state index contributed by atoms with van der Waals surface area (Å²) in [5.74, 6) is 1.21. The van der Waals surface area contributed by atoms with Gasteiger partial charge in [0.25, 0.3) is 0 Å². The number of nitrogens with one attached hydrogen (secondary N) is 1. The first-order valence-corrected chi connectivity index (χ1v) is 12.7. The first kappa shape index (κ1) is 27.7. The Morgan fingerprint density at radius 3 is 2.10 bits per heavy atom. The lowest BCUT2D eigenvalue weighted by Crippen LogP contribution is -2.48. The van der Waals surface area contributed by atoms with Crippen molar-refractivity contribution in [2.24, 2.45) is 17.3 Å². The van der Waals surface area contributed by atoms with E-state index in [0.29, 0.717) is 5.92 Å². The second-order valence-electron chi connectivity index (χ2n) is 10.5. The predicted octanol–water partition coefficient (Wildman–Crippen LogP) is 7.15. The minimum atomic E-state index is -0.00997. The Labute approximate surface area is 188 Å². The second-order valence-corrected chi connectivity index (χ2v) is 10.5. The van der Waals surface area contributed by atoms with Crippen LogP contribution in [0.25, 0.3) is 0 Å². The van der Waals surface area contributed by atoms with Gasteiger partial charge in [-0.1, -0.05) is 52.7 Å². The molecule has 30 heavy (non-hydrogen) atoms. The van der Waals surface area contributed by atoms with E-state index in [-0.39, 0.29) is 22.7 Å². The number of rotatable bonds is 16. The van der Waals surface area contributed by atoms with Crippen LogP contribution < -0.4 is 5.32 Å². The minimum Gasteiger partial charge on any atom is -0.377 e. The monoisotopic (exact) mass is 423 g/mol. The third-order valence-corrected chi connectivity index (χ3v) is 8.48. The molecule has 0 radical (unpaired) electrons. The highest BCUT2D eigenvalue weighted by Crippen LogP contribution is 2.49. The van der Waals surface area contributed by atoms with Gasteiger partial charge in [0.05, 0.1) is 18.3 Å². The Morgan fingerprint density at radius 2 is 1.67 bits per heavy atom. The van der Waals surface area contributed by atoms with E-state index < -0.39 is 0 Å². The predicted molar refractivity (Wildman–Crippen MR) is 131 cm³/mol. The molecule has 1 fully saturated rings. The molecule has 0 heterocycles. The molecule has 0 aromatic carbocycles. The molecular weight excluding hydrogens is 370 g/mol. The summed E-state index contributed by atoms with van der Waals surface area (Å²) in [6, 6.07) is 0.